The minimum Gasteiger partial charge on any atom is -0.355 e. The lowest BCUT2D eigenvalue weighted by Crippen LogP contribution is -2.39. The molecule has 0 bridgehead atoms. The molecule has 1 aromatic heterocycles. The van der Waals surface area contributed by atoms with Gasteiger partial charge in [-0.3, -0.25) is 4.79 Å². The van der Waals surface area contributed by atoms with Gasteiger partial charge >= 0.3 is 0 Å². The molecule has 0 N–H and O–H groups in total. The van der Waals surface area contributed by atoms with E-state index in [0.717, 1.165) is 52.8 Å². The number of fused-ring (bicyclic) bond motifs is 2. The maximum Gasteiger partial charge on any atom is 0.257 e. The van der Waals surface area contributed by atoms with E-state index in [2.05, 4.69) is 33.8 Å². The molecule has 1 amide bonds. The third kappa shape index (κ3) is 4.73. The molecule has 0 fully saturated rings. The van der Waals surface area contributed by atoms with Crippen molar-refractivity contribution in [1.82, 2.24) is 9.55 Å². The van der Waals surface area contributed by atoms with E-state index in [9.17, 15) is 10.1 Å². The SMILES string of the molecule is Cc1nccn1CCCCN1C(=O)C(CC#N)OC(c2cccc3ccccc23)c2cc(Cl)ccc21. The molecule has 7 heteroatoms. The highest BCUT2D eigenvalue weighted by Crippen LogP contribution is 2.42. The van der Waals surface area contributed by atoms with Gasteiger partial charge in [0.05, 0.1) is 12.5 Å². The normalized spacial score (nSPS) is 17.6. The third-order valence-electron chi connectivity index (χ3n) is 6.74. The van der Waals surface area contributed by atoms with Crippen LogP contribution in [-0.4, -0.2) is 28.1 Å². The van der Waals surface area contributed by atoms with E-state index in [-0.39, 0.29) is 12.3 Å². The van der Waals surface area contributed by atoms with Gasteiger partial charge in [-0.1, -0.05) is 54.1 Å². The second kappa shape index (κ2) is 10.5. The number of amides is 1. The average molecular weight is 499 g/mol. The summed E-state index contributed by atoms with van der Waals surface area (Å²) in [4.78, 5) is 19.8. The number of unbranched alkanes of at least 4 members (excludes halogenated alkanes) is 1. The summed E-state index contributed by atoms with van der Waals surface area (Å²) in [6.45, 7) is 3.34. The van der Waals surface area contributed by atoms with Gasteiger partial charge in [-0.25, -0.2) is 4.98 Å². The molecule has 0 aliphatic carbocycles. The Balaban J connectivity index is 1.52. The fraction of sp³-hybridized carbons (Fsp3) is 0.276. The van der Waals surface area contributed by atoms with Crippen molar-refractivity contribution in [1.29, 1.82) is 5.26 Å². The molecule has 6 nitrogen and oxygen atoms in total. The van der Waals surface area contributed by atoms with E-state index >= 15 is 0 Å². The monoisotopic (exact) mass is 498 g/mol. The number of aryl methyl sites for hydroxylation is 2. The highest BCUT2D eigenvalue weighted by Gasteiger charge is 2.36. The first-order valence-electron chi connectivity index (χ1n) is 12.2. The van der Waals surface area contributed by atoms with Crippen molar-refractivity contribution >= 4 is 34.0 Å². The Labute approximate surface area is 215 Å². The summed E-state index contributed by atoms with van der Waals surface area (Å²) in [7, 11) is 0. The summed E-state index contributed by atoms with van der Waals surface area (Å²) in [5.74, 6) is 0.780. The topological polar surface area (TPSA) is 71.2 Å². The van der Waals surface area contributed by atoms with Crippen LogP contribution in [0.25, 0.3) is 10.8 Å². The predicted molar refractivity (Wildman–Crippen MR) is 141 cm³/mol. The Bertz CT molecular complexity index is 1440. The summed E-state index contributed by atoms with van der Waals surface area (Å²) in [5.41, 5.74) is 2.56. The number of carbonyl (C=O) groups is 1. The van der Waals surface area contributed by atoms with Gasteiger partial charge in [-0.05, 0) is 54.3 Å². The quantitative estimate of drug-likeness (QED) is 0.284. The first-order chi connectivity index (χ1) is 17.6. The van der Waals surface area contributed by atoms with Gasteiger partial charge in [0.2, 0.25) is 0 Å². The first-order valence-corrected chi connectivity index (χ1v) is 12.5. The number of aromatic nitrogens is 2. The molecule has 2 heterocycles. The lowest BCUT2D eigenvalue weighted by molar-refractivity contribution is -0.131. The molecule has 2 unspecified atom stereocenters. The molecular formula is C29H27ClN4O2. The number of halogens is 1. The molecule has 0 saturated carbocycles. The summed E-state index contributed by atoms with van der Waals surface area (Å²) in [6, 6.07) is 21.9. The number of hydrogen-bond donors (Lipinski definition) is 0. The van der Waals surface area contributed by atoms with Gasteiger partial charge in [0.25, 0.3) is 5.91 Å². The van der Waals surface area contributed by atoms with Crippen LogP contribution in [0.1, 0.15) is 42.3 Å². The lowest BCUT2D eigenvalue weighted by Gasteiger charge is -2.24. The zero-order valence-corrected chi connectivity index (χ0v) is 20.9. The third-order valence-corrected chi connectivity index (χ3v) is 6.98. The van der Waals surface area contributed by atoms with Crippen LogP contribution in [0.15, 0.2) is 73.1 Å². The van der Waals surface area contributed by atoms with E-state index < -0.39 is 12.2 Å². The van der Waals surface area contributed by atoms with Crippen LogP contribution >= 0.6 is 11.6 Å². The summed E-state index contributed by atoms with van der Waals surface area (Å²) >= 11 is 6.46. The molecule has 36 heavy (non-hydrogen) atoms. The highest BCUT2D eigenvalue weighted by atomic mass is 35.5. The number of ether oxygens (including phenoxy) is 1. The van der Waals surface area contributed by atoms with E-state index in [1.807, 2.05) is 49.5 Å². The number of rotatable bonds is 7. The van der Waals surface area contributed by atoms with Gasteiger partial charge in [0.1, 0.15) is 11.9 Å². The van der Waals surface area contributed by atoms with E-state index in [4.69, 9.17) is 16.3 Å². The molecule has 0 spiro atoms. The zero-order valence-electron chi connectivity index (χ0n) is 20.1. The maximum absolute atomic E-state index is 13.7. The molecule has 182 valence electrons. The smallest absolute Gasteiger partial charge is 0.257 e. The molecule has 1 aliphatic heterocycles. The van der Waals surface area contributed by atoms with Crippen molar-refractivity contribution in [2.45, 2.75) is 44.9 Å². The number of anilines is 1. The molecule has 2 atom stereocenters. The van der Waals surface area contributed by atoms with Crippen molar-refractivity contribution < 1.29 is 9.53 Å². The maximum atomic E-state index is 13.7. The van der Waals surface area contributed by atoms with Gasteiger partial charge in [0.15, 0.2) is 6.10 Å². The molecule has 5 rings (SSSR count). The van der Waals surface area contributed by atoms with Gasteiger partial charge in [-0.15, -0.1) is 0 Å². The molecule has 0 saturated heterocycles. The number of carbonyl (C=O) groups excluding carboxylic acids is 1. The number of hydrogen-bond acceptors (Lipinski definition) is 4. The molecular weight excluding hydrogens is 472 g/mol. The van der Waals surface area contributed by atoms with Gasteiger partial charge in [0, 0.05) is 41.8 Å². The van der Waals surface area contributed by atoms with Crippen molar-refractivity contribution in [3.8, 4) is 6.07 Å². The molecule has 0 radical (unpaired) electrons. The van der Waals surface area contributed by atoms with Crippen LogP contribution in [0.2, 0.25) is 5.02 Å². The molecule has 1 aliphatic rings. The molecule has 4 aromatic rings. The van der Waals surface area contributed by atoms with E-state index in [1.165, 1.54) is 0 Å². The van der Waals surface area contributed by atoms with Crippen LogP contribution < -0.4 is 4.90 Å². The summed E-state index contributed by atoms with van der Waals surface area (Å²) in [5, 5.41) is 12.2. The Morgan fingerprint density at radius 2 is 1.86 bits per heavy atom. The van der Waals surface area contributed by atoms with Crippen molar-refractivity contribution in [2.75, 3.05) is 11.4 Å². The Hall–Kier alpha value is -3.66. The van der Waals surface area contributed by atoms with Gasteiger partial charge < -0.3 is 14.2 Å². The number of benzene rings is 3. The zero-order chi connectivity index (χ0) is 25.1. The lowest BCUT2D eigenvalue weighted by atomic mass is 9.94. The number of nitriles is 1. The van der Waals surface area contributed by atoms with Crippen LogP contribution in [0.5, 0.6) is 0 Å². The van der Waals surface area contributed by atoms with Gasteiger partial charge in [-0.2, -0.15) is 5.26 Å². The fourth-order valence-corrected chi connectivity index (χ4v) is 5.11. The van der Waals surface area contributed by atoms with Crippen LogP contribution in [0.4, 0.5) is 5.69 Å². The van der Waals surface area contributed by atoms with E-state index in [1.54, 1.807) is 17.2 Å². The number of imidazole rings is 1. The minimum atomic E-state index is -0.874. The Morgan fingerprint density at radius 3 is 2.67 bits per heavy atom. The first kappa shape index (κ1) is 24.1. The highest BCUT2D eigenvalue weighted by molar-refractivity contribution is 6.30. The van der Waals surface area contributed by atoms with Crippen molar-refractivity contribution in [3.05, 3.63) is 95.0 Å². The largest absolute Gasteiger partial charge is 0.355 e. The molecule has 3 aromatic carbocycles. The summed E-state index contributed by atoms with van der Waals surface area (Å²) < 4.78 is 8.57. The van der Waals surface area contributed by atoms with Crippen molar-refractivity contribution in [3.63, 3.8) is 0 Å². The van der Waals surface area contributed by atoms with Crippen molar-refractivity contribution in [2.24, 2.45) is 0 Å². The van der Waals surface area contributed by atoms with E-state index in [0.29, 0.717) is 11.6 Å². The predicted octanol–water partition coefficient (Wildman–Crippen LogP) is 6.21. The summed E-state index contributed by atoms with van der Waals surface area (Å²) in [6.07, 6.45) is 4.02. The van der Waals surface area contributed by atoms with Crippen LogP contribution in [0.3, 0.4) is 0 Å². The van der Waals surface area contributed by atoms with Crippen LogP contribution in [-0.2, 0) is 16.1 Å². The average Bonchev–Trinajstić information content (AvgIpc) is 3.26. The Morgan fingerprint density at radius 1 is 1.06 bits per heavy atom. The second-order valence-corrected chi connectivity index (χ2v) is 9.44. The Kier molecular flexibility index (Phi) is 7.04. The minimum absolute atomic E-state index is 0.0213. The fourth-order valence-electron chi connectivity index (χ4n) is 4.93. The van der Waals surface area contributed by atoms with Crippen LogP contribution in [0, 0.1) is 18.3 Å². The number of nitrogens with zero attached hydrogens (tertiary/aromatic N) is 4. The second-order valence-electron chi connectivity index (χ2n) is 9.00. The standard InChI is InChI=1S/C29H27ClN4O2/c1-20-32-15-18-33(20)16-4-5-17-34-26-12-11-22(30)19-25(26)28(36-27(13-14-31)29(34)35)24-10-6-8-21-7-2-3-9-23(21)24/h2-3,6-12,15,18-19,27-28H,4-5,13,16-17H2,1H3.